The molecular formula is C23H23ClN4O4. The highest BCUT2D eigenvalue weighted by Crippen LogP contribution is 2.26. The molecular weight excluding hydrogens is 432 g/mol. The molecule has 0 aliphatic heterocycles. The van der Waals surface area contributed by atoms with E-state index in [1.54, 1.807) is 54.6 Å². The SMILES string of the molecule is COCOc1cc(C(C)N)ccc1C(=O)Nc1ccccc1C(=O)Nc1ccc(Cl)cn1. The maximum absolute atomic E-state index is 13.0. The summed E-state index contributed by atoms with van der Waals surface area (Å²) in [6, 6.07) is 14.7. The van der Waals surface area contributed by atoms with Gasteiger partial charge in [-0.3, -0.25) is 9.59 Å². The first-order chi connectivity index (χ1) is 15.4. The molecule has 0 aliphatic carbocycles. The zero-order chi connectivity index (χ0) is 23.1. The average Bonchev–Trinajstić information content (AvgIpc) is 2.79. The van der Waals surface area contributed by atoms with Crippen LogP contribution >= 0.6 is 11.6 Å². The number of amides is 2. The Morgan fingerprint density at radius 2 is 1.81 bits per heavy atom. The predicted octanol–water partition coefficient (Wildman–Crippen LogP) is 4.24. The second-order valence-corrected chi connectivity index (χ2v) is 7.35. The molecule has 0 bridgehead atoms. The van der Waals surface area contributed by atoms with E-state index in [2.05, 4.69) is 15.6 Å². The quantitative estimate of drug-likeness (QED) is 0.438. The minimum absolute atomic E-state index is 0.0320. The van der Waals surface area contributed by atoms with Crippen LogP contribution in [0.2, 0.25) is 5.02 Å². The molecule has 1 atom stereocenters. The fourth-order valence-electron chi connectivity index (χ4n) is 2.86. The molecule has 0 saturated heterocycles. The van der Waals surface area contributed by atoms with Crippen molar-refractivity contribution in [2.24, 2.45) is 5.73 Å². The van der Waals surface area contributed by atoms with E-state index < -0.39 is 11.8 Å². The number of nitrogens with two attached hydrogens (primary N) is 1. The van der Waals surface area contributed by atoms with Crippen molar-refractivity contribution < 1.29 is 19.1 Å². The standard InChI is InChI=1S/C23H23ClN4O4/c1-14(25)15-7-9-18(20(11-15)32-13-31-2)23(30)27-19-6-4-3-5-17(19)22(29)28-21-10-8-16(24)12-26-21/h3-12,14H,13,25H2,1-2H3,(H,27,30)(H,26,28,29). The number of para-hydroxylation sites is 1. The van der Waals surface area contributed by atoms with Crippen molar-refractivity contribution in [1.29, 1.82) is 0 Å². The minimum atomic E-state index is -0.447. The lowest BCUT2D eigenvalue weighted by molar-refractivity contribution is 0.0502. The molecule has 2 aromatic carbocycles. The molecule has 32 heavy (non-hydrogen) atoms. The summed E-state index contributed by atoms with van der Waals surface area (Å²) in [6.45, 7) is 1.80. The number of aromatic nitrogens is 1. The third kappa shape index (κ3) is 5.82. The Morgan fingerprint density at radius 1 is 1.06 bits per heavy atom. The third-order valence-corrected chi connectivity index (χ3v) is 4.72. The number of pyridine rings is 1. The van der Waals surface area contributed by atoms with E-state index >= 15 is 0 Å². The molecule has 0 aliphatic rings. The van der Waals surface area contributed by atoms with E-state index in [-0.39, 0.29) is 24.0 Å². The van der Waals surface area contributed by atoms with E-state index in [1.165, 1.54) is 13.3 Å². The van der Waals surface area contributed by atoms with Crippen molar-refractivity contribution >= 4 is 34.9 Å². The van der Waals surface area contributed by atoms with Gasteiger partial charge in [0, 0.05) is 19.3 Å². The molecule has 0 saturated carbocycles. The summed E-state index contributed by atoms with van der Waals surface area (Å²) in [7, 11) is 1.49. The number of hydrogen-bond acceptors (Lipinski definition) is 6. The van der Waals surface area contributed by atoms with Crippen LogP contribution in [0.3, 0.4) is 0 Å². The molecule has 0 fully saturated rings. The van der Waals surface area contributed by atoms with Crippen molar-refractivity contribution in [2.75, 3.05) is 24.5 Å². The predicted molar refractivity (Wildman–Crippen MR) is 123 cm³/mol. The molecule has 0 radical (unpaired) electrons. The molecule has 0 spiro atoms. The topological polar surface area (TPSA) is 116 Å². The van der Waals surface area contributed by atoms with Crippen molar-refractivity contribution in [3.63, 3.8) is 0 Å². The molecule has 166 valence electrons. The Kier molecular flexibility index (Phi) is 7.77. The Morgan fingerprint density at radius 3 is 2.50 bits per heavy atom. The van der Waals surface area contributed by atoms with Gasteiger partial charge in [0.15, 0.2) is 6.79 Å². The van der Waals surface area contributed by atoms with Gasteiger partial charge in [0.25, 0.3) is 11.8 Å². The van der Waals surface area contributed by atoms with Gasteiger partial charge in [-0.15, -0.1) is 0 Å². The first-order valence-electron chi connectivity index (χ1n) is 9.73. The van der Waals surface area contributed by atoms with Gasteiger partial charge in [-0.1, -0.05) is 29.8 Å². The van der Waals surface area contributed by atoms with Gasteiger partial charge in [0.05, 0.1) is 21.8 Å². The maximum atomic E-state index is 13.0. The summed E-state index contributed by atoms with van der Waals surface area (Å²) in [5.74, 6) is -0.218. The number of methoxy groups -OCH3 is 1. The first kappa shape index (κ1) is 23.2. The molecule has 1 heterocycles. The summed E-state index contributed by atoms with van der Waals surface area (Å²) in [5, 5.41) is 5.91. The number of anilines is 2. The fraction of sp³-hybridized carbons (Fsp3) is 0.174. The number of ether oxygens (including phenoxy) is 2. The number of nitrogens with one attached hydrogen (secondary N) is 2. The normalized spacial score (nSPS) is 11.5. The van der Waals surface area contributed by atoms with Gasteiger partial charge in [-0.05, 0) is 48.9 Å². The smallest absolute Gasteiger partial charge is 0.259 e. The average molecular weight is 455 g/mol. The number of benzene rings is 2. The number of halogens is 1. The lowest BCUT2D eigenvalue weighted by Crippen LogP contribution is -2.19. The zero-order valence-corrected chi connectivity index (χ0v) is 18.3. The third-order valence-electron chi connectivity index (χ3n) is 4.50. The van der Waals surface area contributed by atoms with E-state index in [1.807, 2.05) is 6.92 Å². The van der Waals surface area contributed by atoms with Crippen molar-refractivity contribution in [1.82, 2.24) is 4.98 Å². The molecule has 2 amide bonds. The van der Waals surface area contributed by atoms with Gasteiger partial charge < -0.3 is 25.8 Å². The number of rotatable bonds is 8. The second kappa shape index (κ2) is 10.7. The van der Waals surface area contributed by atoms with Crippen LogP contribution in [0.4, 0.5) is 11.5 Å². The minimum Gasteiger partial charge on any atom is -0.467 e. The highest BCUT2D eigenvalue weighted by molar-refractivity contribution is 6.30. The summed E-state index contributed by atoms with van der Waals surface area (Å²) in [5.41, 5.74) is 7.63. The highest BCUT2D eigenvalue weighted by atomic mass is 35.5. The Balaban J connectivity index is 1.84. The van der Waals surface area contributed by atoms with Gasteiger partial charge in [-0.25, -0.2) is 4.98 Å². The van der Waals surface area contributed by atoms with Crippen LogP contribution in [0.1, 0.15) is 39.2 Å². The van der Waals surface area contributed by atoms with Crippen LogP contribution in [-0.4, -0.2) is 30.7 Å². The lowest BCUT2D eigenvalue weighted by Gasteiger charge is -2.15. The summed E-state index contributed by atoms with van der Waals surface area (Å²) in [4.78, 5) is 29.9. The van der Waals surface area contributed by atoms with Crippen LogP contribution in [0, 0.1) is 0 Å². The number of carbonyl (C=O) groups is 2. The van der Waals surface area contributed by atoms with Crippen molar-refractivity contribution in [2.45, 2.75) is 13.0 Å². The van der Waals surface area contributed by atoms with Crippen LogP contribution in [0.5, 0.6) is 5.75 Å². The van der Waals surface area contributed by atoms with Crippen molar-refractivity contribution in [3.05, 3.63) is 82.5 Å². The molecule has 1 aromatic heterocycles. The lowest BCUT2D eigenvalue weighted by atomic mass is 10.0. The van der Waals surface area contributed by atoms with Crippen LogP contribution in [0.25, 0.3) is 0 Å². The van der Waals surface area contributed by atoms with Crippen molar-refractivity contribution in [3.8, 4) is 5.75 Å². The van der Waals surface area contributed by atoms with Gasteiger partial charge in [0.2, 0.25) is 0 Å². The van der Waals surface area contributed by atoms with Crippen LogP contribution in [-0.2, 0) is 4.74 Å². The highest BCUT2D eigenvalue weighted by Gasteiger charge is 2.18. The molecule has 4 N–H and O–H groups in total. The Hall–Kier alpha value is -3.46. The molecule has 1 unspecified atom stereocenters. The molecule has 8 nitrogen and oxygen atoms in total. The van der Waals surface area contributed by atoms with E-state index in [9.17, 15) is 9.59 Å². The zero-order valence-electron chi connectivity index (χ0n) is 17.6. The second-order valence-electron chi connectivity index (χ2n) is 6.91. The summed E-state index contributed by atoms with van der Waals surface area (Å²) in [6.07, 6.45) is 1.43. The Bertz CT molecular complexity index is 1100. The maximum Gasteiger partial charge on any atom is 0.259 e. The number of nitrogens with zero attached hydrogens (tertiary/aromatic N) is 1. The van der Waals surface area contributed by atoms with Crippen LogP contribution < -0.4 is 21.1 Å². The van der Waals surface area contributed by atoms with E-state index in [4.69, 9.17) is 26.8 Å². The van der Waals surface area contributed by atoms with Gasteiger partial charge in [0.1, 0.15) is 11.6 Å². The number of hydrogen-bond donors (Lipinski definition) is 3. The van der Waals surface area contributed by atoms with E-state index in [0.717, 1.165) is 5.56 Å². The van der Waals surface area contributed by atoms with Gasteiger partial charge in [-0.2, -0.15) is 0 Å². The fourth-order valence-corrected chi connectivity index (χ4v) is 2.98. The molecule has 3 rings (SSSR count). The first-order valence-corrected chi connectivity index (χ1v) is 10.1. The van der Waals surface area contributed by atoms with E-state index in [0.29, 0.717) is 22.3 Å². The summed E-state index contributed by atoms with van der Waals surface area (Å²) < 4.78 is 10.5. The largest absolute Gasteiger partial charge is 0.467 e. The monoisotopic (exact) mass is 454 g/mol. The summed E-state index contributed by atoms with van der Waals surface area (Å²) >= 11 is 5.83. The number of carbonyl (C=O) groups excluding carboxylic acids is 2. The van der Waals surface area contributed by atoms with Gasteiger partial charge >= 0.3 is 0 Å². The molecule has 3 aromatic rings. The Labute approximate surface area is 190 Å². The molecule has 9 heteroatoms. The van der Waals surface area contributed by atoms with Crippen LogP contribution in [0.15, 0.2) is 60.8 Å².